The zero-order valence-corrected chi connectivity index (χ0v) is 29.4. The van der Waals surface area contributed by atoms with E-state index in [1.807, 2.05) is 42.1 Å². The van der Waals surface area contributed by atoms with Gasteiger partial charge in [0.25, 0.3) is 5.91 Å². The molecule has 4 heterocycles. The lowest BCUT2D eigenvalue weighted by molar-refractivity contribution is -0.151. The molecule has 0 bridgehead atoms. The van der Waals surface area contributed by atoms with Crippen molar-refractivity contribution in [3.05, 3.63) is 53.6 Å². The van der Waals surface area contributed by atoms with E-state index in [-0.39, 0.29) is 48.2 Å². The van der Waals surface area contributed by atoms with Crippen molar-refractivity contribution >= 4 is 42.4 Å². The maximum Gasteiger partial charge on any atom is 0.410 e. The fourth-order valence-corrected chi connectivity index (χ4v) is 8.14. The van der Waals surface area contributed by atoms with Crippen molar-refractivity contribution in [2.24, 2.45) is 0 Å². The van der Waals surface area contributed by atoms with Gasteiger partial charge in [-0.05, 0) is 80.2 Å². The fraction of sp³-hybridized carbons (Fsp3) is 0.568. The molecule has 0 radical (unpaired) electrons. The van der Waals surface area contributed by atoms with Crippen molar-refractivity contribution in [3.63, 3.8) is 0 Å². The first-order chi connectivity index (χ1) is 24.2. The Bertz CT molecular complexity index is 1540. The molecule has 2 aromatic rings. The standard InChI is InChI=1S/C37H50BN5O7/c1-38-29-23-25(10-11-32(29)44)24-33(34(45)40-18-13-27(14-19-40)42-17-6-5-9-31(42)35(46)49-2)50-37(48)41-20-15-28(16-21-41)43-22-12-26-7-3-4-8-30(26)39-36(43)47/h3-4,7-8,10-11,23,27-28,31,33,38,44H,5-6,9,12-22,24H2,1-2H3,(H,39,47)/t31-,33+/m0/s1. The number of urea groups is 1. The summed E-state index contributed by atoms with van der Waals surface area (Å²) in [6, 6.07) is 12.9. The number of nitrogens with zero attached hydrogens (tertiary/aromatic N) is 4. The molecule has 2 aromatic carbocycles. The average Bonchev–Trinajstić information content (AvgIpc) is 3.32. The number of hydrogen-bond acceptors (Lipinski definition) is 8. The number of nitrogens with one attached hydrogen (secondary N) is 1. The predicted molar refractivity (Wildman–Crippen MR) is 191 cm³/mol. The van der Waals surface area contributed by atoms with Crippen molar-refractivity contribution in [3.8, 4) is 5.75 Å². The van der Waals surface area contributed by atoms with Crippen molar-refractivity contribution in [1.82, 2.24) is 19.6 Å². The maximum atomic E-state index is 14.1. The third kappa shape index (κ3) is 8.03. The third-order valence-corrected chi connectivity index (χ3v) is 11.0. The summed E-state index contributed by atoms with van der Waals surface area (Å²) in [7, 11) is 2.07. The molecular formula is C37H50BN5O7. The van der Waals surface area contributed by atoms with Gasteiger partial charge in [0, 0.05) is 56.9 Å². The summed E-state index contributed by atoms with van der Waals surface area (Å²) in [5, 5.41) is 13.3. The second-order valence-electron chi connectivity index (χ2n) is 14.0. The number of aromatic hydroxyl groups is 1. The largest absolute Gasteiger partial charge is 0.509 e. The van der Waals surface area contributed by atoms with Gasteiger partial charge in [-0.25, -0.2) is 9.59 Å². The highest BCUT2D eigenvalue weighted by molar-refractivity contribution is 6.53. The van der Waals surface area contributed by atoms with E-state index in [0.29, 0.717) is 52.8 Å². The summed E-state index contributed by atoms with van der Waals surface area (Å²) in [6.45, 7) is 5.25. The van der Waals surface area contributed by atoms with Crippen molar-refractivity contribution in [1.29, 1.82) is 0 Å². The Kier molecular flexibility index (Phi) is 11.5. The minimum absolute atomic E-state index is 0.00441. The molecule has 13 heteroatoms. The molecule has 0 saturated carbocycles. The molecule has 50 heavy (non-hydrogen) atoms. The summed E-state index contributed by atoms with van der Waals surface area (Å²) in [5.74, 6) is -0.229. The molecule has 4 aliphatic rings. The number of esters is 1. The lowest BCUT2D eigenvalue weighted by Crippen LogP contribution is -2.55. The van der Waals surface area contributed by atoms with Gasteiger partial charge in [-0.15, -0.1) is 0 Å². The molecule has 0 unspecified atom stereocenters. The second kappa shape index (κ2) is 16.2. The highest BCUT2D eigenvalue weighted by Crippen LogP contribution is 2.28. The Labute approximate surface area is 295 Å². The van der Waals surface area contributed by atoms with E-state index >= 15 is 0 Å². The van der Waals surface area contributed by atoms with Crippen LogP contribution in [0.15, 0.2) is 42.5 Å². The molecule has 4 aliphatic heterocycles. The van der Waals surface area contributed by atoms with Crippen LogP contribution in [0.5, 0.6) is 5.75 Å². The SMILES string of the molecule is CBc1cc(C[C@@H](OC(=O)N2CCC(N3CCc4ccccc4NC3=O)CC2)C(=O)N2CCC(N3CCCC[C@H]3C(=O)OC)CC2)ccc1O. The maximum absolute atomic E-state index is 14.1. The van der Waals surface area contributed by atoms with E-state index in [9.17, 15) is 24.3 Å². The molecule has 2 atom stereocenters. The number of phenolic OH excluding ortho intramolecular Hbond substituents is 1. The average molecular weight is 688 g/mol. The van der Waals surface area contributed by atoms with Crippen molar-refractivity contribution in [2.45, 2.75) is 88.8 Å². The van der Waals surface area contributed by atoms with E-state index < -0.39 is 12.2 Å². The van der Waals surface area contributed by atoms with Crippen molar-refractivity contribution < 1.29 is 33.8 Å². The summed E-state index contributed by atoms with van der Waals surface area (Å²) in [4.78, 5) is 60.9. The molecule has 0 spiro atoms. The van der Waals surface area contributed by atoms with E-state index in [0.717, 1.165) is 67.3 Å². The van der Waals surface area contributed by atoms with Gasteiger partial charge in [0.2, 0.25) is 0 Å². The lowest BCUT2D eigenvalue weighted by atomic mass is 9.72. The number of phenols is 1. The van der Waals surface area contributed by atoms with Gasteiger partial charge in [0.05, 0.1) is 7.11 Å². The predicted octanol–water partition coefficient (Wildman–Crippen LogP) is 3.12. The smallest absolute Gasteiger partial charge is 0.410 e. The number of ether oxygens (including phenoxy) is 2. The normalized spacial score (nSPS) is 21.4. The van der Waals surface area contributed by atoms with Gasteiger partial charge < -0.3 is 34.6 Å². The highest BCUT2D eigenvalue weighted by Gasteiger charge is 2.39. The molecule has 3 fully saturated rings. The minimum Gasteiger partial charge on any atom is -0.509 e. The first-order valence-electron chi connectivity index (χ1n) is 18.3. The Hall–Kier alpha value is -4.26. The number of hydrogen-bond donors (Lipinski definition) is 2. The number of rotatable bonds is 8. The van der Waals surface area contributed by atoms with Gasteiger partial charge in [0.1, 0.15) is 11.8 Å². The second-order valence-corrected chi connectivity index (χ2v) is 14.0. The van der Waals surface area contributed by atoms with Crippen LogP contribution in [0, 0.1) is 0 Å². The van der Waals surface area contributed by atoms with E-state index in [1.165, 1.54) is 7.11 Å². The zero-order valence-electron chi connectivity index (χ0n) is 29.4. The van der Waals surface area contributed by atoms with Gasteiger partial charge in [-0.2, -0.15) is 0 Å². The van der Waals surface area contributed by atoms with Crippen LogP contribution in [0.4, 0.5) is 15.3 Å². The Morgan fingerprint density at radius 1 is 0.920 bits per heavy atom. The molecular weight excluding hydrogens is 637 g/mol. The number of anilines is 1. The first-order valence-corrected chi connectivity index (χ1v) is 18.3. The molecule has 12 nitrogen and oxygen atoms in total. The van der Waals surface area contributed by atoms with Crippen LogP contribution < -0.4 is 10.8 Å². The molecule has 0 aromatic heterocycles. The molecule has 3 saturated heterocycles. The fourth-order valence-electron chi connectivity index (χ4n) is 8.14. The minimum atomic E-state index is -1.03. The molecule has 2 N–H and O–H groups in total. The molecule has 4 amide bonds. The Morgan fingerprint density at radius 2 is 1.64 bits per heavy atom. The third-order valence-electron chi connectivity index (χ3n) is 11.0. The topological polar surface area (TPSA) is 132 Å². The van der Waals surface area contributed by atoms with Crippen LogP contribution in [0.2, 0.25) is 6.82 Å². The number of amides is 4. The number of carbonyl (C=O) groups is 4. The quantitative estimate of drug-likeness (QED) is 0.320. The van der Waals surface area contributed by atoms with Crippen LogP contribution in [0.25, 0.3) is 0 Å². The van der Waals surface area contributed by atoms with Gasteiger partial charge >= 0.3 is 18.1 Å². The number of carbonyl (C=O) groups excluding carboxylic acids is 4. The summed E-state index contributed by atoms with van der Waals surface area (Å²) < 4.78 is 11.1. The number of likely N-dealkylation sites (tertiary alicyclic amines) is 3. The van der Waals surface area contributed by atoms with Gasteiger partial charge in [-0.3, -0.25) is 14.5 Å². The van der Waals surface area contributed by atoms with Gasteiger partial charge in [0.15, 0.2) is 13.4 Å². The van der Waals surface area contributed by atoms with Crippen LogP contribution in [-0.4, -0.2) is 127 Å². The number of benzene rings is 2. The summed E-state index contributed by atoms with van der Waals surface area (Å²) >= 11 is 0. The summed E-state index contributed by atoms with van der Waals surface area (Å²) in [6.07, 6.45) is 4.89. The first kappa shape index (κ1) is 35.6. The Morgan fingerprint density at radius 3 is 2.38 bits per heavy atom. The van der Waals surface area contributed by atoms with Gasteiger partial charge in [-0.1, -0.05) is 43.6 Å². The van der Waals surface area contributed by atoms with E-state index in [4.69, 9.17) is 9.47 Å². The van der Waals surface area contributed by atoms with Crippen LogP contribution in [0.1, 0.15) is 56.1 Å². The van der Waals surface area contributed by atoms with Crippen LogP contribution in [0.3, 0.4) is 0 Å². The van der Waals surface area contributed by atoms with E-state index in [2.05, 4.69) is 10.2 Å². The summed E-state index contributed by atoms with van der Waals surface area (Å²) in [5.41, 5.74) is 3.53. The Balaban J connectivity index is 1.09. The highest BCUT2D eigenvalue weighted by atomic mass is 16.6. The monoisotopic (exact) mass is 687 g/mol. The van der Waals surface area contributed by atoms with E-state index in [1.54, 1.807) is 21.9 Å². The number of para-hydroxylation sites is 1. The van der Waals surface area contributed by atoms with Crippen LogP contribution in [-0.2, 0) is 31.9 Å². The number of fused-ring (bicyclic) bond motifs is 1. The molecule has 6 rings (SSSR count). The number of piperidine rings is 3. The molecule has 0 aliphatic carbocycles. The van der Waals surface area contributed by atoms with Crippen molar-refractivity contribution in [2.75, 3.05) is 51.7 Å². The zero-order chi connectivity index (χ0) is 35.2. The number of methoxy groups -OCH3 is 1. The lowest BCUT2D eigenvalue weighted by Gasteiger charge is -2.43. The molecule has 268 valence electrons. The van der Waals surface area contributed by atoms with Crippen LogP contribution >= 0.6 is 0 Å².